The maximum atomic E-state index is 12.0. The predicted octanol–water partition coefficient (Wildman–Crippen LogP) is 3.37. The fraction of sp³-hybridized carbons (Fsp3) is 0.200. The van der Waals surface area contributed by atoms with Crippen molar-refractivity contribution in [2.24, 2.45) is 0 Å². The molecule has 0 unspecified atom stereocenters. The van der Waals surface area contributed by atoms with Crippen LogP contribution in [0.3, 0.4) is 0 Å². The molecule has 0 spiro atoms. The molecule has 2 aromatic rings. The second-order valence-electron chi connectivity index (χ2n) is 3.37. The maximum Gasteiger partial charge on any atom is 0.405 e. The van der Waals surface area contributed by atoms with Gasteiger partial charge in [-0.25, -0.2) is 9.97 Å². The first kappa shape index (κ1) is 12.1. The molecule has 90 valence electrons. The first-order valence-corrected chi connectivity index (χ1v) is 5.46. The Hall–Kier alpha value is -1.37. The van der Waals surface area contributed by atoms with E-state index in [2.05, 4.69) is 31.2 Å². The molecule has 0 saturated carbocycles. The van der Waals surface area contributed by atoms with Crippen LogP contribution in [0.5, 0.6) is 0 Å². The van der Waals surface area contributed by atoms with Gasteiger partial charge in [-0.15, -0.1) is 0 Å². The van der Waals surface area contributed by atoms with Crippen LogP contribution in [0.25, 0.3) is 10.9 Å². The number of anilines is 1. The average molecular weight is 306 g/mol. The predicted molar refractivity (Wildman–Crippen MR) is 61.8 cm³/mol. The quantitative estimate of drug-likeness (QED) is 0.924. The summed E-state index contributed by atoms with van der Waals surface area (Å²) in [7, 11) is 0. The monoisotopic (exact) mass is 305 g/mol. The highest BCUT2D eigenvalue weighted by Crippen LogP contribution is 2.19. The number of rotatable bonds is 2. The number of aromatic nitrogens is 2. The number of halogens is 4. The van der Waals surface area contributed by atoms with Gasteiger partial charge in [0.15, 0.2) is 0 Å². The highest BCUT2D eigenvalue weighted by Gasteiger charge is 2.27. The van der Waals surface area contributed by atoms with E-state index in [0.29, 0.717) is 5.52 Å². The molecule has 0 aliphatic heterocycles. The molecule has 0 radical (unpaired) electrons. The third kappa shape index (κ3) is 3.29. The molecular formula is C10H7BrF3N3. The zero-order valence-corrected chi connectivity index (χ0v) is 10.0. The van der Waals surface area contributed by atoms with Gasteiger partial charge in [0.2, 0.25) is 5.95 Å². The smallest absolute Gasteiger partial charge is 0.345 e. The summed E-state index contributed by atoms with van der Waals surface area (Å²) in [5.74, 6) is -0.0304. The van der Waals surface area contributed by atoms with Gasteiger partial charge < -0.3 is 5.32 Å². The van der Waals surface area contributed by atoms with Crippen LogP contribution in [0.15, 0.2) is 28.9 Å². The largest absolute Gasteiger partial charge is 0.405 e. The summed E-state index contributed by atoms with van der Waals surface area (Å²) >= 11 is 3.29. The van der Waals surface area contributed by atoms with Crippen LogP contribution in [0.1, 0.15) is 0 Å². The molecule has 3 nitrogen and oxygen atoms in total. The lowest BCUT2D eigenvalue weighted by molar-refractivity contribution is -0.115. The molecule has 2 rings (SSSR count). The van der Waals surface area contributed by atoms with Crippen molar-refractivity contribution in [1.29, 1.82) is 0 Å². The van der Waals surface area contributed by atoms with Gasteiger partial charge in [-0.3, -0.25) is 0 Å². The molecule has 17 heavy (non-hydrogen) atoms. The van der Waals surface area contributed by atoms with Crippen molar-refractivity contribution in [3.8, 4) is 0 Å². The number of nitrogens with zero attached hydrogens (tertiary/aromatic N) is 2. The van der Waals surface area contributed by atoms with Gasteiger partial charge in [0.25, 0.3) is 0 Å². The van der Waals surface area contributed by atoms with E-state index in [0.717, 1.165) is 9.86 Å². The summed E-state index contributed by atoms with van der Waals surface area (Å²) in [5, 5.41) is 2.89. The number of hydrogen-bond acceptors (Lipinski definition) is 3. The van der Waals surface area contributed by atoms with Crippen LogP contribution in [0.2, 0.25) is 0 Å². The third-order valence-electron chi connectivity index (χ3n) is 1.99. The molecule has 0 aliphatic carbocycles. The highest BCUT2D eigenvalue weighted by atomic mass is 79.9. The molecule has 1 aromatic carbocycles. The summed E-state index contributed by atoms with van der Waals surface area (Å²) in [5.41, 5.74) is 0.591. The Kier molecular flexibility index (Phi) is 3.19. The van der Waals surface area contributed by atoms with Crippen molar-refractivity contribution in [3.63, 3.8) is 0 Å². The second kappa shape index (κ2) is 4.48. The standard InChI is InChI=1S/C10H7BrF3N3/c11-7-1-2-8-6(3-7)4-15-9(17-8)16-5-10(12,13)14/h1-4H,5H2,(H,15,16,17). The molecule has 0 fully saturated rings. The molecule has 7 heteroatoms. The highest BCUT2D eigenvalue weighted by molar-refractivity contribution is 9.10. The Bertz CT molecular complexity index is 542. The molecular weight excluding hydrogens is 299 g/mol. The van der Waals surface area contributed by atoms with E-state index < -0.39 is 12.7 Å². The number of alkyl halides is 3. The normalized spacial score (nSPS) is 11.8. The van der Waals surface area contributed by atoms with E-state index in [1.54, 1.807) is 18.2 Å². The summed E-state index contributed by atoms with van der Waals surface area (Å²) in [6.07, 6.45) is -2.80. The average Bonchev–Trinajstić information content (AvgIpc) is 2.25. The van der Waals surface area contributed by atoms with E-state index in [9.17, 15) is 13.2 Å². The van der Waals surface area contributed by atoms with Gasteiger partial charge in [-0.05, 0) is 18.2 Å². The summed E-state index contributed by atoms with van der Waals surface area (Å²) in [6.45, 7) is -1.14. The molecule has 0 amide bonds. The maximum absolute atomic E-state index is 12.0. The summed E-state index contributed by atoms with van der Waals surface area (Å²) < 4.78 is 36.8. The Morgan fingerprint density at radius 1 is 1.29 bits per heavy atom. The molecule has 1 aromatic heterocycles. The lowest BCUT2D eigenvalue weighted by atomic mass is 10.2. The molecule has 0 bridgehead atoms. The van der Waals surface area contributed by atoms with E-state index in [1.165, 1.54) is 6.20 Å². The number of benzene rings is 1. The summed E-state index contributed by atoms with van der Waals surface area (Å²) in [6, 6.07) is 5.27. The Labute approximate surface area is 103 Å². The zero-order chi connectivity index (χ0) is 12.5. The van der Waals surface area contributed by atoms with Crippen molar-refractivity contribution in [3.05, 3.63) is 28.9 Å². The van der Waals surface area contributed by atoms with E-state index >= 15 is 0 Å². The van der Waals surface area contributed by atoms with Gasteiger partial charge >= 0.3 is 6.18 Å². The minimum absolute atomic E-state index is 0.0304. The third-order valence-corrected chi connectivity index (χ3v) is 2.48. The first-order chi connectivity index (χ1) is 7.94. The molecule has 1 N–H and O–H groups in total. The summed E-state index contributed by atoms with van der Waals surface area (Å²) in [4.78, 5) is 7.78. The van der Waals surface area contributed by atoms with Gasteiger partial charge in [0.05, 0.1) is 5.52 Å². The van der Waals surface area contributed by atoms with Crippen LogP contribution in [0.4, 0.5) is 19.1 Å². The van der Waals surface area contributed by atoms with Crippen LogP contribution >= 0.6 is 15.9 Å². The lowest BCUT2D eigenvalue weighted by Gasteiger charge is -2.08. The van der Waals surface area contributed by atoms with Crippen molar-refractivity contribution in [1.82, 2.24) is 9.97 Å². The Morgan fingerprint density at radius 3 is 2.76 bits per heavy atom. The van der Waals surface area contributed by atoms with Gasteiger partial charge in [-0.2, -0.15) is 13.2 Å². The van der Waals surface area contributed by atoms with Gasteiger partial charge in [-0.1, -0.05) is 15.9 Å². The molecule has 0 atom stereocenters. The zero-order valence-electron chi connectivity index (χ0n) is 8.42. The number of hydrogen-bond donors (Lipinski definition) is 1. The second-order valence-corrected chi connectivity index (χ2v) is 4.28. The van der Waals surface area contributed by atoms with E-state index in [1.807, 2.05) is 0 Å². The Balaban J connectivity index is 2.23. The van der Waals surface area contributed by atoms with Gasteiger partial charge in [0.1, 0.15) is 6.54 Å². The minimum Gasteiger partial charge on any atom is -0.345 e. The molecule has 1 heterocycles. The number of fused-ring (bicyclic) bond motifs is 1. The lowest BCUT2D eigenvalue weighted by Crippen LogP contribution is -2.22. The van der Waals surface area contributed by atoms with Crippen LogP contribution in [-0.4, -0.2) is 22.7 Å². The van der Waals surface area contributed by atoms with E-state index in [4.69, 9.17) is 0 Å². The first-order valence-electron chi connectivity index (χ1n) is 4.67. The topological polar surface area (TPSA) is 37.8 Å². The van der Waals surface area contributed by atoms with E-state index in [-0.39, 0.29) is 5.95 Å². The van der Waals surface area contributed by atoms with Crippen LogP contribution < -0.4 is 5.32 Å². The molecule has 0 saturated heterocycles. The SMILES string of the molecule is FC(F)(F)CNc1ncc2cc(Br)ccc2n1. The fourth-order valence-corrected chi connectivity index (χ4v) is 1.65. The molecule has 0 aliphatic rings. The van der Waals surface area contributed by atoms with Gasteiger partial charge in [0, 0.05) is 16.1 Å². The van der Waals surface area contributed by atoms with Crippen molar-refractivity contribution >= 4 is 32.8 Å². The number of nitrogens with one attached hydrogen (secondary N) is 1. The van der Waals surface area contributed by atoms with Crippen molar-refractivity contribution < 1.29 is 13.2 Å². The van der Waals surface area contributed by atoms with Crippen LogP contribution in [-0.2, 0) is 0 Å². The Morgan fingerprint density at radius 2 is 2.06 bits per heavy atom. The fourth-order valence-electron chi connectivity index (χ4n) is 1.27. The van der Waals surface area contributed by atoms with Crippen molar-refractivity contribution in [2.75, 3.05) is 11.9 Å². The van der Waals surface area contributed by atoms with Crippen molar-refractivity contribution in [2.45, 2.75) is 6.18 Å². The van der Waals surface area contributed by atoms with Crippen LogP contribution in [0, 0.1) is 0 Å². The minimum atomic E-state index is -4.28.